The lowest BCUT2D eigenvalue weighted by Crippen LogP contribution is -2.43. The molecule has 0 aliphatic carbocycles. The minimum absolute atomic E-state index is 0.230. The number of benzene rings is 2. The molecule has 2 N–H and O–H groups in total. The number of likely N-dealkylation sites (tertiary alicyclic amines) is 1. The summed E-state index contributed by atoms with van der Waals surface area (Å²) >= 11 is 0. The molecule has 7 nitrogen and oxygen atoms in total. The third-order valence-electron chi connectivity index (χ3n) is 6.99. The van der Waals surface area contributed by atoms with Gasteiger partial charge in [0.15, 0.2) is 5.82 Å². The van der Waals surface area contributed by atoms with Gasteiger partial charge < -0.3 is 20.4 Å². The molecule has 8 heteroatoms. The van der Waals surface area contributed by atoms with Crippen molar-refractivity contribution in [2.24, 2.45) is 0 Å². The smallest absolute Gasteiger partial charge is 0.258 e. The van der Waals surface area contributed by atoms with Crippen LogP contribution in [0.2, 0.25) is 0 Å². The number of anilines is 3. The lowest BCUT2D eigenvalue weighted by molar-refractivity contribution is 0.0949. The van der Waals surface area contributed by atoms with Crippen molar-refractivity contribution in [3.8, 4) is 11.3 Å². The maximum Gasteiger partial charge on any atom is 0.258 e. The predicted octanol–water partition coefficient (Wildman–Crippen LogP) is 4.63. The number of hydrogen-bond donors (Lipinski definition) is 2. The Morgan fingerprint density at radius 3 is 2.57 bits per heavy atom. The van der Waals surface area contributed by atoms with Gasteiger partial charge in [0.05, 0.1) is 12.4 Å². The third-order valence-corrected chi connectivity index (χ3v) is 6.99. The molecule has 0 unspecified atom stereocenters. The number of halogens is 1. The number of rotatable bonds is 5. The summed E-state index contributed by atoms with van der Waals surface area (Å²) in [5.74, 6) is 0.503. The van der Waals surface area contributed by atoms with E-state index in [0.717, 1.165) is 49.3 Å². The van der Waals surface area contributed by atoms with Crippen LogP contribution in [-0.2, 0) is 0 Å². The van der Waals surface area contributed by atoms with Crippen LogP contribution in [0.4, 0.5) is 21.8 Å². The summed E-state index contributed by atoms with van der Waals surface area (Å²) < 4.78 is 13.9. The Kier molecular flexibility index (Phi) is 6.38. The normalized spacial score (nSPS) is 16.7. The second-order valence-corrected chi connectivity index (χ2v) is 9.29. The van der Waals surface area contributed by atoms with Crippen molar-refractivity contribution in [1.82, 2.24) is 20.2 Å². The van der Waals surface area contributed by atoms with E-state index in [4.69, 9.17) is 9.97 Å². The topological polar surface area (TPSA) is 73.4 Å². The minimum atomic E-state index is -0.318. The molecule has 35 heavy (non-hydrogen) atoms. The summed E-state index contributed by atoms with van der Waals surface area (Å²) in [6, 6.07) is 12.9. The highest BCUT2D eigenvalue weighted by Crippen LogP contribution is 2.38. The molecule has 2 aliphatic heterocycles. The molecule has 2 aromatic carbocycles. The van der Waals surface area contributed by atoms with E-state index in [-0.39, 0.29) is 17.8 Å². The number of piperidine rings is 1. The average molecular weight is 475 g/mol. The zero-order valence-electron chi connectivity index (χ0n) is 20.4. The second-order valence-electron chi connectivity index (χ2n) is 9.29. The Bertz CT molecular complexity index is 1250. The van der Waals surface area contributed by atoms with Crippen molar-refractivity contribution < 1.29 is 9.18 Å². The first kappa shape index (κ1) is 23.2. The van der Waals surface area contributed by atoms with Gasteiger partial charge in [-0.25, -0.2) is 9.37 Å². The summed E-state index contributed by atoms with van der Waals surface area (Å²) in [5, 5.41) is 6.51. The molecule has 0 radical (unpaired) electrons. The minimum Gasteiger partial charge on any atom is -0.351 e. The van der Waals surface area contributed by atoms with Crippen molar-refractivity contribution in [3.05, 3.63) is 65.0 Å². The zero-order chi connectivity index (χ0) is 24.5. The van der Waals surface area contributed by atoms with Crippen molar-refractivity contribution >= 4 is 23.4 Å². The van der Waals surface area contributed by atoms with E-state index in [1.165, 1.54) is 12.1 Å². The Morgan fingerprint density at radius 2 is 1.86 bits per heavy atom. The summed E-state index contributed by atoms with van der Waals surface area (Å²) in [6.45, 7) is 9.48. The summed E-state index contributed by atoms with van der Waals surface area (Å²) in [7, 11) is 0. The van der Waals surface area contributed by atoms with E-state index in [2.05, 4.69) is 22.5 Å². The molecule has 5 rings (SSSR count). The lowest BCUT2D eigenvalue weighted by Gasteiger charge is -2.34. The Morgan fingerprint density at radius 1 is 1.09 bits per heavy atom. The van der Waals surface area contributed by atoms with E-state index in [1.54, 1.807) is 6.07 Å². The predicted molar refractivity (Wildman–Crippen MR) is 137 cm³/mol. The molecule has 1 aromatic heterocycles. The number of fused-ring (bicyclic) bond motifs is 1. The molecule has 0 spiro atoms. The third kappa shape index (κ3) is 4.58. The molecule has 2 aliphatic rings. The molecule has 1 saturated heterocycles. The quantitative estimate of drug-likeness (QED) is 0.562. The maximum atomic E-state index is 13.9. The number of para-hydroxylation sites is 1. The van der Waals surface area contributed by atoms with Crippen molar-refractivity contribution in [3.63, 3.8) is 0 Å². The maximum absolute atomic E-state index is 13.9. The van der Waals surface area contributed by atoms with E-state index < -0.39 is 0 Å². The second kappa shape index (κ2) is 9.62. The molecule has 0 saturated carbocycles. The van der Waals surface area contributed by atoms with Crippen LogP contribution < -0.4 is 15.5 Å². The lowest BCUT2D eigenvalue weighted by atomic mass is 9.99. The monoisotopic (exact) mass is 474 g/mol. The number of aryl methyl sites for hydroxylation is 2. The van der Waals surface area contributed by atoms with Crippen molar-refractivity contribution in [2.45, 2.75) is 39.7 Å². The highest BCUT2D eigenvalue weighted by molar-refractivity contribution is 6.07. The number of nitrogens with zero attached hydrogens (tertiary/aromatic N) is 4. The van der Waals surface area contributed by atoms with E-state index >= 15 is 0 Å². The number of carbonyl (C=O) groups excluding carboxylic acids is 1. The molecule has 0 bridgehead atoms. The van der Waals surface area contributed by atoms with Gasteiger partial charge in [-0.05, 0) is 68.6 Å². The number of aromatic nitrogens is 2. The van der Waals surface area contributed by atoms with Crippen LogP contribution in [0, 0.1) is 19.7 Å². The number of carbonyl (C=O) groups is 1. The van der Waals surface area contributed by atoms with Gasteiger partial charge in [0.1, 0.15) is 11.4 Å². The largest absolute Gasteiger partial charge is 0.351 e. The SMILES string of the molecule is CCN1CCC(Nc2nc(-c3ccc(F)cc3C)c3c(n2)N(c2ccccc2C)CNC3=O)CC1. The molecule has 3 heterocycles. The Labute approximate surface area is 205 Å². The van der Waals surface area contributed by atoms with Crippen LogP contribution >= 0.6 is 0 Å². The van der Waals surface area contributed by atoms with E-state index in [9.17, 15) is 9.18 Å². The fourth-order valence-electron chi connectivity index (χ4n) is 4.96. The van der Waals surface area contributed by atoms with Gasteiger partial charge in [-0.15, -0.1) is 0 Å². The van der Waals surface area contributed by atoms with Crippen molar-refractivity contribution in [1.29, 1.82) is 0 Å². The Hall–Kier alpha value is -3.52. The number of amides is 1. The highest BCUT2D eigenvalue weighted by atomic mass is 19.1. The van der Waals surface area contributed by atoms with Gasteiger partial charge in [-0.1, -0.05) is 25.1 Å². The zero-order valence-corrected chi connectivity index (χ0v) is 20.4. The van der Waals surface area contributed by atoms with Crippen LogP contribution in [-0.4, -0.2) is 53.1 Å². The van der Waals surface area contributed by atoms with Crippen LogP contribution in [0.25, 0.3) is 11.3 Å². The first-order chi connectivity index (χ1) is 16.9. The first-order valence-corrected chi connectivity index (χ1v) is 12.2. The standard InChI is InChI=1S/C27H31FN6O/c1-4-33-13-11-20(12-14-33)30-27-31-24(21-10-9-19(28)15-18(21)3)23-25(32-27)34(16-29-26(23)35)22-8-6-5-7-17(22)2/h5-10,15,20H,4,11-14,16H2,1-3H3,(H,29,35)(H,30,31,32). The van der Waals surface area contributed by atoms with Gasteiger partial charge >= 0.3 is 0 Å². The average Bonchev–Trinajstić information content (AvgIpc) is 2.85. The molecular weight excluding hydrogens is 443 g/mol. The summed E-state index contributed by atoms with van der Waals surface area (Å²) in [4.78, 5) is 27.3. The molecule has 0 atom stereocenters. The molecule has 1 amide bonds. The Balaban J connectivity index is 1.63. The van der Waals surface area contributed by atoms with E-state index in [1.807, 2.05) is 43.0 Å². The van der Waals surface area contributed by atoms with Crippen LogP contribution in [0.3, 0.4) is 0 Å². The molecule has 3 aromatic rings. The van der Waals surface area contributed by atoms with Gasteiger partial charge in [0.2, 0.25) is 5.95 Å². The number of nitrogens with one attached hydrogen (secondary N) is 2. The van der Waals surface area contributed by atoms with Crippen LogP contribution in [0.1, 0.15) is 41.3 Å². The van der Waals surface area contributed by atoms with Crippen LogP contribution in [0.15, 0.2) is 42.5 Å². The summed E-state index contributed by atoms with van der Waals surface area (Å²) in [6.07, 6.45) is 2.00. The van der Waals surface area contributed by atoms with Gasteiger partial charge in [0.25, 0.3) is 5.91 Å². The fourth-order valence-corrected chi connectivity index (χ4v) is 4.96. The van der Waals surface area contributed by atoms with Gasteiger partial charge in [0, 0.05) is 30.4 Å². The summed E-state index contributed by atoms with van der Waals surface area (Å²) in [5.41, 5.74) is 4.40. The van der Waals surface area contributed by atoms with Gasteiger partial charge in [-0.3, -0.25) is 4.79 Å². The van der Waals surface area contributed by atoms with Crippen LogP contribution in [0.5, 0.6) is 0 Å². The first-order valence-electron chi connectivity index (χ1n) is 12.2. The molecule has 1 fully saturated rings. The molecule has 182 valence electrons. The van der Waals surface area contributed by atoms with Crippen molar-refractivity contribution in [2.75, 3.05) is 36.5 Å². The van der Waals surface area contributed by atoms with E-state index in [0.29, 0.717) is 35.3 Å². The fraction of sp³-hybridized carbons (Fsp3) is 0.370. The number of hydrogen-bond acceptors (Lipinski definition) is 6. The van der Waals surface area contributed by atoms with Gasteiger partial charge in [-0.2, -0.15) is 4.98 Å². The highest BCUT2D eigenvalue weighted by Gasteiger charge is 2.32. The molecular formula is C27H31FN6O.